The number of aliphatic hydroxyl groups is 1. The lowest BCUT2D eigenvalue weighted by Gasteiger charge is -2.34. The minimum atomic E-state index is -0.437. The molecule has 1 nitrogen and oxygen atoms in total. The summed E-state index contributed by atoms with van der Waals surface area (Å²) in [6, 6.07) is 0. The summed E-state index contributed by atoms with van der Waals surface area (Å²) in [5.41, 5.74) is 1.49. The van der Waals surface area contributed by atoms with Crippen molar-refractivity contribution in [1.82, 2.24) is 0 Å². The van der Waals surface area contributed by atoms with Crippen LogP contribution in [0.3, 0.4) is 0 Å². The van der Waals surface area contributed by atoms with Gasteiger partial charge in [0.2, 0.25) is 0 Å². The summed E-state index contributed by atoms with van der Waals surface area (Å²) >= 11 is 0. The van der Waals surface area contributed by atoms with Gasteiger partial charge in [0.05, 0.1) is 5.60 Å². The summed E-state index contributed by atoms with van der Waals surface area (Å²) in [7, 11) is 0. The second-order valence-corrected chi connectivity index (χ2v) is 7.18. The highest BCUT2D eigenvalue weighted by molar-refractivity contribution is 5.24. The van der Waals surface area contributed by atoms with E-state index in [1.165, 1.54) is 12.0 Å². The summed E-state index contributed by atoms with van der Waals surface area (Å²) in [5, 5.41) is 10.6. The van der Waals surface area contributed by atoms with Crippen LogP contribution in [0.2, 0.25) is 0 Å². The molecular formula is C15H24O. The first-order valence-corrected chi connectivity index (χ1v) is 6.76. The van der Waals surface area contributed by atoms with Crippen molar-refractivity contribution in [2.75, 3.05) is 0 Å². The van der Waals surface area contributed by atoms with Crippen LogP contribution in [0, 0.1) is 29.1 Å². The standard InChI is InChI=1S/C15H24O/c1-9-5-6-10-12(9)13-11(14(13,2)3)7-8-15(10,4)16/h10-13,16H,1,5-8H2,2-4H3/t10?,11-,12?,13-,15-/m0/s1. The van der Waals surface area contributed by atoms with E-state index in [0.29, 0.717) is 17.3 Å². The first-order valence-electron chi connectivity index (χ1n) is 6.76. The summed E-state index contributed by atoms with van der Waals surface area (Å²) in [6.45, 7) is 11.1. The van der Waals surface area contributed by atoms with E-state index in [1.54, 1.807) is 0 Å². The normalized spacial score (nSPS) is 54.1. The van der Waals surface area contributed by atoms with Gasteiger partial charge in [0.25, 0.3) is 0 Å². The average Bonchev–Trinajstić information content (AvgIpc) is 2.51. The van der Waals surface area contributed by atoms with Gasteiger partial charge in [-0.05, 0) is 61.7 Å². The Kier molecular flexibility index (Phi) is 1.98. The van der Waals surface area contributed by atoms with Gasteiger partial charge in [-0.1, -0.05) is 26.0 Å². The van der Waals surface area contributed by atoms with Crippen molar-refractivity contribution < 1.29 is 5.11 Å². The Hall–Kier alpha value is -0.300. The van der Waals surface area contributed by atoms with Crippen molar-refractivity contribution in [3.05, 3.63) is 12.2 Å². The molecule has 0 aliphatic heterocycles. The van der Waals surface area contributed by atoms with Crippen LogP contribution in [-0.4, -0.2) is 10.7 Å². The van der Waals surface area contributed by atoms with Gasteiger partial charge < -0.3 is 5.11 Å². The van der Waals surface area contributed by atoms with Crippen LogP contribution in [0.4, 0.5) is 0 Å². The van der Waals surface area contributed by atoms with Crippen molar-refractivity contribution in [3.63, 3.8) is 0 Å². The number of hydrogen-bond acceptors (Lipinski definition) is 1. The van der Waals surface area contributed by atoms with Crippen molar-refractivity contribution >= 4 is 0 Å². The van der Waals surface area contributed by atoms with E-state index in [4.69, 9.17) is 0 Å². The molecule has 5 atom stereocenters. The topological polar surface area (TPSA) is 20.2 Å². The lowest BCUT2D eigenvalue weighted by molar-refractivity contribution is -0.0229. The van der Waals surface area contributed by atoms with E-state index >= 15 is 0 Å². The molecule has 0 saturated heterocycles. The van der Waals surface area contributed by atoms with E-state index in [-0.39, 0.29) is 0 Å². The Morgan fingerprint density at radius 2 is 1.88 bits per heavy atom. The molecule has 0 spiro atoms. The molecule has 1 heteroatoms. The van der Waals surface area contributed by atoms with Gasteiger partial charge in [-0.2, -0.15) is 0 Å². The van der Waals surface area contributed by atoms with Crippen LogP contribution >= 0.6 is 0 Å². The van der Waals surface area contributed by atoms with Crippen LogP contribution in [0.5, 0.6) is 0 Å². The smallest absolute Gasteiger partial charge is 0.0653 e. The summed E-state index contributed by atoms with van der Waals surface area (Å²) in [5.74, 6) is 2.74. The largest absolute Gasteiger partial charge is 0.390 e. The van der Waals surface area contributed by atoms with Crippen LogP contribution in [-0.2, 0) is 0 Å². The van der Waals surface area contributed by atoms with E-state index in [0.717, 1.165) is 31.1 Å². The predicted molar refractivity (Wildman–Crippen MR) is 66.0 cm³/mol. The third-order valence-corrected chi connectivity index (χ3v) is 5.97. The lowest BCUT2D eigenvalue weighted by Crippen LogP contribution is -2.37. The highest BCUT2D eigenvalue weighted by Crippen LogP contribution is 2.70. The monoisotopic (exact) mass is 220 g/mol. The number of hydrogen-bond donors (Lipinski definition) is 1. The summed E-state index contributed by atoms with van der Waals surface area (Å²) in [4.78, 5) is 0. The molecule has 0 amide bonds. The highest BCUT2D eigenvalue weighted by atomic mass is 16.3. The molecule has 3 saturated carbocycles. The van der Waals surface area contributed by atoms with E-state index in [1.807, 2.05) is 0 Å². The number of rotatable bonds is 0. The maximum atomic E-state index is 10.6. The van der Waals surface area contributed by atoms with Crippen LogP contribution in [0.15, 0.2) is 12.2 Å². The van der Waals surface area contributed by atoms with Crippen molar-refractivity contribution in [2.24, 2.45) is 29.1 Å². The van der Waals surface area contributed by atoms with Crippen molar-refractivity contribution in [1.29, 1.82) is 0 Å². The Morgan fingerprint density at radius 1 is 1.19 bits per heavy atom. The van der Waals surface area contributed by atoms with Crippen LogP contribution < -0.4 is 0 Å². The fourth-order valence-electron chi connectivity index (χ4n) is 4.86. The molecule has 16 heavy (non-hydrogen) atoms. The highest BCUT2D eigenvalue weighted by Gasteiger charge is 2.66. The molecule has 2 unspecified atom stereocenters. The number of allylic oxidation sites excluding steroid dienone is 1. The van der Waals surface area contributed by atoms with Crippen molar-refractivity contribution in [3.8, 4) is 0 Å². The molecule has 1 N–H and O–H groups in total. The second kappa shape index (κ2) is 2.93. The minimum Gasteiger partial charge on any atom is -0.390 e. The van der Waals surface area contributed by atoms with Gasteiger partial charge in [0.1, 0.15) is 0 Å². The Morgan fingerprint density at radius 3 is 2.56 bits per heavy atom. The van der Waals surface area contributed by atoms with E-state index in [2.05, 4.69) is 27.4 Å². The van der Waals surface area contributed by atoms with Crippen LogP contribution in [0.1, 0.15) is 46.5 Å². The molecule has 3 aliphatic carbocycles. The predicted octanol–water partition coefficient (Wildman–Crippen LogP) is 3.39. The molecule has 3 rings (SSSR count). The molecule has 0 aromatic heterocycles. The Bertz CT molecular complexity index is 339. The zero-order valence-electron chi connectivity index (χ0n) is 10.8. The quantitative estimate of drug-likeness (QED) is 0.620. The van der Waals surface area contributed by atoms with Gasteiger partial charge in [-0.15, -0.1) is 0 Å². The SMILES string of the molecule is C=C1CCC2C1[C@@H]1[C@H](CC[C@]2(C)O)C1(C)C. The molecular weight excluding hydrogens is 196 g/mol. The molecule has 3 fully saturated rings. The fraction of sp³-hybridized carbons (Fsp3) is 0.867. The zero-order chi connectivity index (χ0) is 11.7. The molecule has 0 aromatic carbocycles. The maximum absolute atomic E-state index is 10.6. The number of fused-ring (bicyclic) bond motifs is 3. The third-order valence-electron chi connectivity index (χ3n) is 5.97. The van der Waals surface area contributed by atoms with Crippen molar-refractivity contribution in [2.45, 2.75) is 52.1 Å². The molecule has 0 bridgehead atoms. The Labute approximate surface area is 98.9 Å². The van der Waals surface area contributed by atoms with E-state index in [9.17, 15) is 5.11 Å². The van der Waals surface area contributed by atoms with Gasteiger partial charge in [0.15, 0.2) is 0 Å². The third kappa shape index (κ3) is 1.21. The molecule has 0 heterocycles. The molecule has 0 radical (unpaired) electrons. The van der Waals surface area contributed by atoms with Gasteiger partial charge >= 0.3 is 0 Å². The summed E-state index contributed by atoms with van der Waals surface area (Å²) in [6.07, 6.45) is 4.51. The Balaban J connectivity index is 1.97. The van der Waals surface area contributed by atoms with Gasteiger partial charge in [0, 0.05) is 0 Å². The first kappa shape index (κ1) is 10.8. The first-order chi connectivity index (χ1) is 7.36. The maximum Gasteiger partial charge on any atom is 0.0653 e. The second-order valence-electron chi connectivity index (χ2n) is 7.18. The average molecular weight is 220 g/mol. The minimum absolute atomic E-state index is 0.437. The zero-order valence-corrected chi connectivity index (χ0v) is 10.8. The molecule has 3 aliphatic rings. The fourth-order valence-corrected chi connectivity index (χ4v) is 4.86. The molecule has 0 aromatic rings. The lowest BCUT2D eigenvalue weighted by atomic mass is 9.76. The van der Waals surface area contributed by atoms with Crippen LogP contribution in [0.25, 0.3) is 0 Å². The van der Waals surface area contributed by atoms with E-state index < -0.39 is 5.60 Å². The van der Waals surface area contributed by atoms with Gasteiger partial charge in [-0.3, -0.25) is 0 Å². The van der Waals surface area contributed by atoms with Gasteiger partial charge in [-0.25, -0.2) is 0 Å². The molecule has 90 valence electrons. The summed E-state index contributed by atoms with van der Waals surface area (Å²) < 4.78 is 0.